The van der Waals surface area contributed by atoms with Crippen LogP contribution in [0.4, 0.5) is 0 Å². The van der Waals surface area contributed by atoms with Gasteiger partial charge in [-0.3, -0.25) is 4.99 Å². The molecule has 0 amide bonds. The van der Waals surface area contributed by atoms with Gasteiger partial charge < -0.3 is 46.1 Å². The first-order chi connectivity index (χ1) is 32.1. The van der Waals surface area contributed by atoms with Crippen molar-refractivity contribution in [1.29, 1.82) is 0 Å². The number of hydrogen-bond acceptors (Lipinski definition) is 11. The minimum atomic E-state index is -0.943. The molecule has 352 valence electrons. The predicted molar refractivity (Wildman–Crippen MR) is 260 cm³/mol. The third-order valence-corrected chi connectivity index (χ3v) is 15.2. The zero-order chi connectivity index (χ0) is 45.7. The number of phenols is 1. The van der Waals surface area contributed by atoms with Crippen LogP contribution < -0.4 is 26.4 Å². The van der Waals surface area contributed by atoms with Crippen LogP contribution >= 0.6 is 0 Å². The van der Waals surface area contributed by atoms with Crippen molar-refractivity contribution >= 4 is 28.6 Å². The lowest BCUT2D eigenvalue weighted by molar-refractivity contribution is 0.120. The molecule has 2 saturated carbocycles. The highest BCUT2D eigenvalue weighted by Crippen LogP contribution is 2.47. The van der Waals surface area contributed by atoms with Gasteiger partial charge in [-0.2, -0.15) is 12.0 Å². The summed E-state index contributed by atoms with van der Waals surface area (Å²) in [5.41, 5.74) is 12.0. The molecule has 0 saturated heterocycles. The highest BCUT2D eigenvalue weighted by Gasteiger charge is 2.47. The molecule has 0 radical (unpaired) electrons. The number of aliphatic imine (C=N–C) groups is 1. The van der Waals surface area contributed by atoms with Gasteiger partial charge in [-0.15, -0.1) is 4.99 Å². The molecular weight excluding hydrogens is 829 g/mol. The average Bonchev–Trinajstić information content (AvgIpc) is 4.14. The number of nitrogens with zero attached hydrogens (tertiary/aromatic N) is 2. The molecule has 0 bridgehead atoms. The fourth-order valence-corrected chi connectivity index (χ4v) is 11.6. The first-order valence-electron chi connectivity index (χ1n) is 24.9. The molecule has 3 aliphatic carbocycles. The second kappa shape index (κ2) is 21.1. The molecule has 2 fully saturated rings. The molecule has 9 atom stereocenters. The minimum Gasteiger partial charge on any atom is -0.592 e. The van der Waals surface area contributed by atoms with Crippen molar-refractivity contribution in [2.45, 2.75) is 127 Å². The number of aryl methyl sites for hydroxylation is 1. The van der Waals surface area contributed by atoms with Gasteiger partial charge >= 0.3 is 0 Å². The molecule has 8 N–H and O–H groups in total. The van der Waals surface area contributed by atoms with Crippen molar-refractivity contribution in [3.8, 4) is 11.5 Å². The number of ether oxygens (including phenoxy) is 2. The second-order valence-electron chi connectivity index (χ2n) is 19.9. The van der Waals surface area contributed by atoms with E-state index in [0.717, 1.165) is 121 Å². The maximum Gasteiger partial charge on any atom is 0.189 e. The van der Waals surface area contributed by atoms with Gasteiger partial charge in [0.15, 0.2) is 29.4 Å². The fraction of sp³-hybridized carbons (Fsp3) is 0.527. The summed E-state index contributed by atoms with van der Waals surface area (Å²) < 4.78 is 12.4. The Hall–Kier alpha value is -4.62. The number of unbranched alkanes of at least 4 members (excludes halogenated alkanes) is 3. The highest BCUT2D eigenvalue weighted by atomic mass is 16.5. The van der Waals surface area contributed by atoms with Crippen molar-refractivity contribution in [3.05, 3.63) is 111 Å². The van der Waals surface area contributed by atoms with Crippen molar-refractivity contribution in [2.75, 3.05) is 32.8 Å². The molecular formula is C55H70N4O7. The number of nitrogens with one attached hydrogen (secondary N) is 1. The van der Waals surface area contributed by atoms with Crippen molar-refractivity contribution < 1.29 is 35.0 Å². The van der Waals surface area contributed by atoms with Crippen LogP contribution in [-0.2, 0) is 11.2 Å². The Kier molecular flexibility index (Phi) is 14.9. The molecule has 3 aliphatic heterocycles. The number of aromatic hydroxyl groups is 1. The second-order valence-corrected chi connectivity index (χ2v) is 19.9. The molecule has 6 aliphatic rings. The Labute approximate surface area is 389 Å². The smallest absolute Gasteiger partial charge is 0.189 e. The van der Waals surface area contributed by atoms with E-state index in [1.807, 2.05) is 18.2 Å². The Morgan fingerprint density at radius 1 is 1.05 bits per heavy atom. The molecule has 11 heteroatoms. The van der Waals surface area contributed by atoms with Gasteiger partial charge in [-0.05, 0) is 114 Å². The summed E-state index contributed by atoms with van der Waals surface area (Å²) in [6.07, 6.45) is 22.2. The predicted octanol–water partition coefficient (Wildman–Crippen LogP) is 6.63. The lowest BCUT2D eigenvalue weighted by atomic mass is 9.80. The molecule has 3 aromatic rings. The Morgan fingerprint density at radius 2 is 1.92 bits per heavy atom. The maximum atomic E-state index is 11.4. The molecule has 0 aromatic heterocycles. The van der Waals surface area contributed by atoms with Gasteiger partial charge in [-0.1, -0.05) is 87.1 Å². The van der Waals surface area contributed by atoms with Crippen LogP contribution in [0.1, 0.15) is 113 Å². The quantitative estimate of drug-likeness (QED) is 0.0457. The third-order valence-electron chi connectivity index (χ3n) is 15.2. The van der Waals surface area contributed by atoms with Crippen LogP contribution in [0.5, 0.6) is 11.5 Å². The van der Waals surface area contributed by atoms with Gasteiger partial charge in [0.25, 0.3) is 0 Å². The maximum absolute atomic E-state index is 11.4. The van der Waals surface area contributed by atoms with E-state index in [2.05, 4.69) is 58.9 Å². The molecule has 3 aromatic carbocycles. The SMILES string of the molecule is C[C@H](O)CNC[C@@H]1C2=C[C+]([C@@H](O)COc3cc(CCC4=C[C-](CO)C(CCCCCC[C@H](N)C[C@H]5C=Cc6c(ccc7cc8c(cc67)=CCN=8)[C@@H]5O)O4)ccc3O)N=C2CC[C@H]2CCC[C@@H]21. The molecule has 3 heterocycles. The molecule has 11 nitrogen and oxygen atoms in total. The first kappa shape index (κ1) is 46.5. The van der Waals surface area contributed by atoms with Gasteiger partial charge in [0.1, 0.15) is 12.2 Å². The fourth-order valence-electron chi connectivity index (χ4n) is 11.6. The Balaban J connectivity index is 0.689. The number of allylic oxidation sites excluding steroid dienone is 1. The highest BCUT2D eigenvalue weighted by molar-refractivity contribution is 6.04. The van der Waals surface area contributed by atoms with E-state index in [0.29, 0.717) is 48.9 Å². The molecule has 66 heavy (non-hydrogen) atoms. The van der Waals surface area contributed by atoms with E-state index < -0.39 is 18.3 Å². The third kappa shape index (κ3) is 10.6. The lowest BCUT2D eigenvalue weighted by Gasteiger charge is -2.28. The monoisotopic (exact) mass is 899 g/mol. The minimum absolute atomic E-state index is 0.00673. The normalized spacial score (nSPS) is 25.4. The summed E-state index contributed by atoms with van der Waals surface area (Å²) in [5.74, 6) is 3.67. The topological polar surface area (TPSA) is 182 Å². The standard InChI is InChI=1S/C55H70N4O7/c1-33(61)29-57-30-47-42-9-6-7-35(42)15-19-48-46(47)28-50(59-48)52(63)32-65-54-23-34(12-20-51(54)62)11-16-41-25-39(31-60)53(66-41)10-5-3-2-4-8-40(56)24-38-14-17-43-44(55(38)64)18-13-36-27-49-37(21-22-58-49)26-45(36)43/h12-14,17-18,20-21,23,25-28,33,35,38,40,42,47,52-53,55,57,60-64H,2-11,15-16,19,22,24,29-32,56H2,1H3/t33-,35+,38+,40-,42-,47-,52-,53?,55+/m0/s1. The van der Waals surface area contributed by atoms with Crippen LogP contribution in [0.25, 0.3) is 22.9 Å². The van der Waals surface area contributed by atoms with E-state index in [1.54, 1.807) is 13.0 Å². The van der Waals surface area contributed by atoms with E-state index in [1.165, 1.54) is 30.1 Å². The number of hydrogen-bond donors (Lipinski definition) is 7. The van der Waals surface area contributed by atoms with Gasteiger partial charge in [0.2, 0.25) is 0 Å². The summed E-state index contributed by atoms with van der Waals surface area (Å²) in [5, 5.41) is 61.4. The summed E-state index contributed by atoms with van der Waals surface area (Å²) in [4.78, 5) is 9.49. The van der Waals surface area contributed by atoms with Crippen LogP contribution in [-0.4, -0.2) is 88.4 Å². The summed E-state index contributed by atoms with van der Waals surface area (Å²) >= 11 is 0. The zero-order valence-electron chi connectivity index (χ0n) is 38.6. The summed E-state index contributed by atoms with van der Waals surface area (Å²) in [7, 11) is 0. The number of aliphatic hydroxyl groups excluding tert-OH is 4. The van der Waals surface area contributed by atoms with E-state index in [-0.39, 0.29) is 37.0 Å². The summed E-state index contributed by atoms with van der Waals surface area (Å²) in [6, 6.07) is 14.5. The summed E-state index contributed by atoms with van der Waals surface area (Å²) in [6.45, 7) is 3.80. The Bertz CT molecular complexity index is 2440. The number of aliphatic hydroxyl groups is 4. The van der Waals surface area contributed by atoms with Gasteiger partial charge in [0, 0.05) is 44.2 Å². The number of fused-ring (bicyclic) bond motifs is 6. The van der Waals surface area contributed by atoms with Crippen molar-refractivity contribution in [1.82, 2.24) is 5.32 Å². The largest absolute Gasteiger partial charge is 0.592 e. The zero-order valence-corrected chi connectivity index (χ0v) is 38.6. The van der Waals surface area contributed by atoms with Crippen molar-refractivity contribution in [3.63, 3.8) is 0 Å². The van der Waals surface area contributed by atoms with Crippen LogP contribution in [0, 0.1) is 35.6 Å². The lowest BCUT2D eigenvalue weighted by Crippen LogP contribution is -2.34. The van der Waals surface area contributed by atoms with Crippen LogP contribution in [0.2, 0.25) is 0 Å². The average molecular weight is 899 g/mol. The van der Waals surface area contributed by atoms with Gasteiger partial charge in [-0.25, -0.2) is 0 Å². The molecule has 9 rings (SSSR count). The number of benzene rings is 3. The number of phenolic OH excluding ortho intramolecular Hbond substituents is 1. The van der Waals surface area contributed by atoms with Crippen LogP contribution in [0.15, 0.2) is 82.0 Å². The van der Waals surface area contributed by atoms with Crippen LogP contribution in [0.3, 0.4) is 0 Å². The molecule has 0 spiro atoms. The van der Waals surface area contributed by atoms with E-state index in [4.69, 9.17) is 20.2 Å². The van der Waals surface area contributed by atoms with Gasteiger partial charge in [0.05, 0.1) is 36.1 Å². The first-order valence-corrected chi connectivity index (χ1v) is 24.9. The number of rotatable bonds is 21. The van der Waals surface area contributed by atoms with E-state index in [9.17, 15) is 25.5 Å². The molecule has 1 unspecified atom stereocenters. The van der Waals surface area contributed by atoms with E-state index >= 15 is 0 Å². The van der Waals surface area contributed by atoms with Crippen molar-refractivity contribution in [2.24, 2.45) is 39.4 Å². The number of nitrogens with two attached hydrogens (primary N) is 1. The Morgan fingerprint density at radius 3 is 2.79 bits per heavy atom.